The Labute approximate surface area is 94.3 Å². The number of para-hydroxylation sites is 1. The molecule has 0 saturated carbocycles. The average Bonchev–Trinajstić information content (AvgIpc) is 2.59. The molecule has 2 aromatic rings. The van der Waals surface area contributed by atoms with Gasteiger partial charge in [0.1, 0.15) is 0 Å². The highest BCUT2D eigenvalue weighted by Gasteiger charge is 2.05. The summed E-state index contributed by atoms with van der Waals surface area (Å²) >= 11 is 1.73. The van der Waals surface area contributed by atoms with E-state index in [2.05, 4.69) is 42.3 Å². The van der Waals surface area contributed by atoms with Crippen molar-refractivity contribution in [2.75, 3.05) is 5.32 Å². The number of rotatable bonds is 4. The smallest absolute Gasteiger partial charge is 0.183 e. The number of thiazole rings is 1. The van der Waals surface area contributed by atoms with Crippen LogP contribution in [-0.4, -0.2) is 11.0 Å². The van der Waals surface area contributed by atoms with Gasteiger partial charge in [-0.15, -0.1) is 0 Å². The van der Waals surface area contributed by atoms with Gasteiger partial charge in [-0.05, 0) is 25.5 Å². The Bertz CT molecular complexity index is 403. The van der Waals surface area contributed by atoms with E-state index in [-0.39, 0.29) is 0 Å². The molecule has 80 valence electrons. The fraction of sp³-hybridized carbons (Fsp3) is 0.417. The number of anilines is 1. The van der Waals surface area contributed by atoms with Crippen molar-refractivity contribution in [1.82, 2.24) is 4.98 Å². The number of hydrogen-bond acceptors (Lipinski definition) is 3. The second kappa shape index (κ2) is 4.62. The SMILES string of the molecule is CCC[C@@H](C)Nc1nc2ccccc2s1. The lowest BCUT2D eigenvalue weighted by Crippen LogP contribution is -2.13. The van der Waals surface area contributed by atoms with Gasteiger partial charge < -0.3 is 5.32 Å². The number of benzene rings is 1. The van der Waals surface area contributed by atoms with Gasteiger partial charge in [0.25, 0.3) is 0 Å². The van der Waals surface area contributed by atoms with E-state index in [9.17, 15) is 0 Å². The molecular weight excluding hydrogens is 204 g/mol. The topological polar surface area (TPSA) is 24.9 Å². The molecule has 0 bridgehead atoms. The summed E-state index contributed by atoms with van der Waals surface area (Å²) in [5.41, 5.74) is 1.09. The lowest BCUT2D eigenvalue weighted by Gasteiger charge is -2.10. The Hall–Kier alpha value is -1.09. The minimum atomic E-state index is 0.510. The molecule has 0 amide bonds. The molecule has 0 aliphatic carbocycles. The zero-order chi connectivity index (χ0) is 10.7. The number of nitrogens with one attached hydrogen (secondary N) is 1. The molecule has 15 heavy (non-hydrogen) atoms. The van der Waals surface area contributed by atoms with Gasteiger partial charge >= 0.3 is 0 Å². The highest BCUT2D eigenvalue weighted by molar-refractivity contribution is 7.22. The third kappa shape index (κ3) is 2.48. The fourth-order valence-electron chi connectivity index (χ4n) is 1.65. The maximum Gasteiger partial charge on any atom is 0.183 e. The summed E-state index contributed by atoms with van der Waals surface area (Å²) in [5.74, 6) is 0. The first-order valence-corrected chi connectivity index (χ1v) is 6.23. The van der Waals surface area contributed by atoms with Crippen LogP contribution in [0.1, 0.15) is 26.7 Å². The van der Waals surface area contributed by atoms with E-state index in [0.29, 0.717) is 6.04 Å². The normalized spacial score (nSPS) is 12.9. The van der Waals surface area contributed by atoms with E-state index in [1.165, 1.54) is 17.5 Å². The van der Waals surface area contributed by atoms with E-state index >= 15 is 0 Å². The molecule has 0 fully saturated rings. The summed E-state index contributed by atoms with van der Waals surface area (Å²) < 4.78 is 1.25. The highest BCUT2D eigenvalue weighted by Crippen LogP contribution is 2.26. The van der Waals surface area contributed by atoms with Crippen molar-refractivity contribution in [2.24, 2.45) is 0 Å². The van der Waals surface area contributed by atoms with Crippen molar-refractivity contribution in [2.45, 2.75) is 32.7 Å². The van der Waals surface area contributed by atoms with Crippen LogP contribution in [0.4, 0.5) is 5.13 Å². The molecule has 3 heteroatoms. The van der Waals surface area contributed by atoms with Crippen LogP contribution in [0.25, 0.3) is 10.2 Å². The lowest BCUT2D eigenvalue weighted by atomic mass is 10.2. The van der Waals surface area contributed by atoms with Crippen LogP contribution in [0.3, 0.4) is 0 Å². The van der Waals surface area contributed by atoms with Crippen LogP contribution in [0.5, 0.6) is 0 Å². The second-order valence-corrected chi connectivity index (χ2v) is 4.85. The molecule has 0 spiro atoms. The van der Waals surface area contributed by atoms with E-state index in [1.54, 1.807) is 11.3 Å². The summed E-state index contributed by atoms with van der Waals surface area (Å²) in [6.07, 6.45) is 2.40. The minimum Gasteiger partial charge on any atom is -0.359 e. The molecule has 1 atom stereocenters. The fourth-order valence-corrected chi connectivity index (χ4v) is 2.63. The van der Waals surface area contributed by atoms with Crippen molar-refractivity contribution in [3.8, 4) is 0 Å². The summed E-state index contributed by atoms with van der Waals surface area (Å²) in [6, 6.07) is 8.76. The summed E-state index contributed by atoms with van der Waals surface area (Å²) in [7, 11) is 0. The third-order valence-corrected chi connectivity index (χ3v) is 3.35. The van der Waals surface area contributed by atoms with Crippen molar-refractivity contribution in [3.05, 3.63) is 24.3 Å². The average molecular weight is 220 g/mol. The standard InChI is InChI=1S/C12H16N2S/c1-3-6-9(2)13-12-14-10-7-4-5-8-11(10)15-12/h4-5,7-9H,3,6H2,1-2H3,(H,13,14)/t9-/m1/s1. The van der Waals surface area contributed by atoms with Crippen molar-refractivity contribution < 1.29 is 0 Å². The Morgan fingerprint density at radius 2 is 2.20 bits per heavy atom. The van der Waals surface area contributed by atoms with Gasteiger partial charge in [0.15, 0.2) is 5.13 Å². The van der Waals surface area contributed by atoms with E-state index in [4.69, 9.17) is 0 Å². The molecular formula is C12H16N2S. The number of aromatic nitrogens is 1. The Morgan fingerprint density at radius 3 is 2.93 bits per heavy atom. The second-order valence-electron chi connectivity index (χ2n) is 3.82. The summed E-state index contributed by atoms with van der Waals surface area (Å²) in [4.78, 5) is 4.54. The number of fused-ring (bicyclic) bond motifs is 1. The Kier molecular flexibility index (Phi) is 3.21. The quantitative estimate of drug-likeness (QED) is 0.845. The zero-order valence-corrected chi connectivity index (χ0v) is 9.97. The molecule has 0 radical (unpaired) electrons. The first kappa shape index (κ1) is 10.4. The summed E-state index contributed by atoms with van der Waals surface area (Å²) in [5, 5.41) is 4.48. The monoisotopic (exact) mass is 220 g/mol. The molecule has 1 aromatic heterocycles. The molecule has 0 aliphatic rings. The van der Waals surface area contributed by atoms with Crippen LogP contribution >= 0.6 is 11.3 Å². The number of nitrogens with zero attached hydrogens (tertiary/aromatic N) is 1. The zero-order valence-electron chi connectivity index (χ0n) is 9.16. The molecule has 2 rings (SSSR count). The molecule has 0 aliphatic heterocycles. The van der Waals surface area contributed by atoms with Gasteiger partial charge in [-0.1, -0.05) is 36.8 Å². The van der Waals surface area contributed by atoms with Crippen molar-refractivity contribution in [1.29, 1.82) is 0 Å². The van der Waals surface area contributed by atoms with Crippen LogP contribution < -0.4 is 5.32 Å². The summed E-state index contributed by atoms with van der Waals surface area (Å²) in [6.45, 7) is 4.41. The van der Waals surface area contributed by atoms with Gasteiger partial charge in [-0.2, -0.15) is 0 Å². The first-order chi connectivity index (χ1) is 7.29. The van der Waals surface area contributed by atoms with Crippen LogP contribution in [0, 0.1) is 0 Å². The third-order valence-electron chi connectivity index (χ3n) is 2.39. The van der Waals surface area contributed by atoms with Crippen LogP contribution in [-0.2, 0) is 0 Å². The van der Waals surface area contributed by atoms with Gasteiger partial charge in [0.05, 0.1) is 10.2 Å². The van der Waals surface area contributed by atoms with Crippen LogP contribution in [0.2, 0.25) is 0 Å². The van der Waals surface area contributed by atoms with E-state index in [1.807, 2.05) is 6.07 Å². The molecule has 1 N–H and O–H groups in total. The molecule has 2 nitrogen and oxygen atoms in total. The minimum absolute atomic E-state index is 0.510. The van der Waals surface area contributed by atoms with Crippen LogP contribution in [0.15, 0.2) is 24.3 Å². The van der Waals surface area contributed by atoms with Gasteiger partial charge in [0, 0.05) is 6.04 Å². The van der Waals surface area contributed by atoms with Gasteiger partial charge in [0.2, 0.25) is 0 Å². The predicted octanol–water partition coefficient (Wildman–Crippen LogP) is 3.90. The maximum absolute atomic E-state index is 4.54. The largest absolute Gasteiger partial charge is 0.359 e. The van der Waals surface area contributed by atoms with Crippen molar-refractivity contribution in [3.63, 3.8) is 0 Å². The van der Waals surface area contributed by atoms with Gasteiger partial charge in [-0.25, -0.2) is 4.98 Å². The highest BCUT2D eigenvalue weighted by atomic mass is 32.1. The molecule has 0 unspecified atom stereocenters. The first-order valence-electron chi connectivity index (χ1n) is 5.41. The van der Waals surface area contributed by atoms with Crippen molar-refractivity contribution >= 4 is 26.7 Å². The predicted molar refractivity (Wildman–Crippen MR) is 67.6 cm³/mol. The maximum atomic E-state index is 4.54. The molecule has 1 heterocycles. The lowest BCUT2D eigenvalue weighted by molar-refractivity contribution is 0.690. The number of hydrogen-bond donors (Lipinski definition) is 1. The Morgan fingerprint density at radius 1 is 1.40 bits per heavy atom. The van der Waals surface area contributed by atoms with Gasteiger partial charge in [-0.3, -0.25) is 0 Å². The van der Waals surface area contributed by atoms with E-state index < -0.39 is 0 Å². The van der Waals surface area contributed by atoms with E-state index in [0.717, 1.165) is 10.6 Å². The molecule has 1 aromatic carbocycles. The molecule has 0 saturated heterocycles. The Balaban J connectivity index is 2.15.